The Morgan fingerprint density at radius 3 is 2.49 bits per heavy atom. The van der Waals surface area contributed by atoms with Crippen molar-refractivity contribution in [2.24, 2.45) is 23.7 Å². The number of carbonyl (C=O) groups is 1. The number of likely N-dealkylation sites (tertiary alicyclic amines) is 1. The normalized spacial score (nSPS) is 23.1. The third-order valence-electron chi connectivity index (χ3n) is 9.60. The number of piperidine rings is 1. The summed E-state index contributed by atoms with van der Waals surface area (Å²) >= 11 is 1.83. The third-order valence-corrected chi connectivity index (χ3v) is 10.9. The molecule has 1 saturated heterocycles. The minimum absolute atomic E-state index is 0. The summed E-state index contributed by atoms with van der Waals surface area (Å²) in [5.74, 6) is 0.750. The molecule has 3 aromatic rings. The van der Waals surface area contributed by atoms with Gasteiger partial charge in [0.2, 0.25) is 0 Å². The van der Waals surface area contributed by atoms with Crippen LogP contribution in [0.5, 0.6) is 0 Å². The Morgan fingerprint density at radius 2 is 1.86 bits per heavy atom. The average Bonchev–Trinajstić information content (AvgIpc) is 3.54. The highest BCUT2D eigenvalue weighted by Crippen LogP contribution is 2.50. The zero-order valence-corrected chi connectivity index (χ0v) is 27.8. The quantitative estimate of drug-likeness (QED) is 0.234. The lowest BCUT2D eigenvalue weighted by molar-refractivity contribution is -0.144. The van der Waals surface area contributed by atoms with Crippen molar-refractivity contribution in [3.05, 3.63) is 70.7 Å². The first kappa shape index (κ1) is 35.7. The van der Waals surface area contributed by atoms with Gasteiger partial charge in [0.15, 0.2) is 0 Å². The molecular weight excluding hydrogens is 628 g/mol. The van der Waals surface area contributed by atoms with Gasteiger partial charge in [-0.3, -0.25) is 9.78 Å². The first-order valence-corrected chi connectivity index (χ1v) is 15.9. The maximum absolute atomic E-state index is 14.2. The number of halogens is 4. The van der Waals surface area contributed by atoms with Crippen LogP contribution in [0.25, 0.3) is 10.6 Å². The van der Waals surface area contributed by atoms with Crippen LogP contribution < -0.4 is 0 Å². The molecule has 4 atom stereocenters. The molecule has 236 valence electrons. The highest BCUT2D eigenvalue weighted by atomic mass is 35.5. The predicted molar refractivity (Wildman–Crippen MR) is 179 cm³/mol. The number of hydrogen-bond donors (Lipinski definition) is 1. The van der Waals surface area contributed by atoms with E-state index >= 15 is 0 Å². The van der Waals surface area contributed by atoms with Gasteiger partial charge in [0.1, 0.15) is 10.8 Å². The molecule has 10 heteroatoms. The molecule has 43 heavy (non-hydrogen) atoms. The summed E-state index contributed by atoms with van der Waals surface area (Å²) in [5, 5.41) is 11.2. The number of thiazole rings is 1. The number of carboxylic acids is 1. The SMILES string of the molecule is CCc1nc(-c2cccnc2)sc1C1CCN(CC2CC([C@H](CC3CC3)C(=O)O)CC2c2cccc(F)c2)CC1.Cl.Cl.Cl. The second-order valence-corrected chi connectivity index (χ2v) is 13.3. The van der Waals surface area contributed by atoms with E-state index < -0.39 is 5.97 Å². The van der Waals surface area contributed by atoms with Gasteiger partial charge in [0.25, 0.3) is 0 Å². The van der Waals surface area contributed by atoms with Gasteiger partial charge in [-0.15, -0.1) is 48.6 Å². The molecule has 1 N–H and O–H groups in total. The maximum Gasteiger partial charge on any atom is 0.306 e. The zero-order chi connectivity index (χ0) is 27.6. The monoisotopic (exact) mass is 669 g/mol. The molecule has 0 bridgehead atoms. The van der Waals surface area contributed by atoms with E-state index in [2.05, 4.69) is 22.9 Å². The lowest BCUT2D eigenvalue weighted by Crippen LogP contribution is -2.37. The van der Waals surface area contributed by atoms with Gasteiger partial charge < -0.3 is 10.0 Å². The van der Waals surface area contributed by atoms with E-state index in [0.717, 1.165) is 74.3 Å². The summed E-state index contributed by atoms with van der Waals surface area (Å²) in [5.41, 5.74) is 3.35. The molecule has 3 aliphatic rings. The number of carboxylic acid groups (broad SMARTS) is 1. The van der Waals surface area contributed by atoms with Gasteiger partial charge in [0.05, 0.1) is 11.6 Å². The molecule has 1 aromatic carbocycles. The lowest BCUT2D eigenvalue weighted by atomic mass is 9.85. The van der Waals surface area contributed by atoms with Crippen molar-refractivity contribution >= 4 is 54.5 Å². The average molecular weight is 671 g/mol. The van der Waals surface area contributed by atoms with Crippen LogP contribution in [0, 0.1) is 29.5 Å². The van der Waals surface area contributed by atoms with E-state index in [1.165, 1.54) is 29.5 Å². The number of aliphatic carboxylic acids is 1. The Labute approximate surface area is 277 Å². The summed E-state index contributed by atoms with van der Waals surface area (Å²) in [7, 11) is 0. The van der Waals surface area contributed by atoms with E-state index in [-0.39, 0.29) is 60.8 Å². The minimum Gasteiger partial charge on any atom is -0.481 e. The van der Waals surface area contributed by atoms with Gasteiger partial charge in [-0.2, -0.15) is 0 Å². The molecule has 5 nitrogen and oxygen atoms in total. The van der Waals surface area contributed by atoms with Crippen molar-refractivity contribution in [2.75, 3.05) is 19.6 Å². The Hall–Kier alpha value is -1.77. The molecule has 2 aromatic heterocycles. The molecule has 0 amide bonds. The van der Waals surface area contributed by atoms with Gasteiger partial charge in [-0.25, -0.2) is 9.37 Å². The van der Waals surface area contributed by atoms with Crippen LogP contribution in [0.3, 0.4) is 0 Å². The fraction of sp³-hybridized carbons (Fsp3) is 0.545. The largest absolute Gasteiger partial charge is 0.481 e. The van der Waals surface area contributed by atoms with E-state index in [9.17, 15) is 14.3 Å². The molecular formula is C33H43Cl3FN3O2S. The predicted octanol–water partition coefficient (Wildman–Crippen LogP) is 8.66. The van der Waals surface area contributed by atoms with Gasteiger partial charge in [-0.1, -0.05) is 31.9 Å². The van der Waals surface area contributed by atoms with Crippen LogP contribution in [-0.2, 0) is 11.2 Å². The molecule has 3 fully saturated rings. The number of hydrogen-bond acceptors (Lipinski definition) is 5. The van der Waals surface area contributed by atoms with E-state index in [1.54, 1.807) is 18.3 Å². The van der Waals surface area contributed by atoms with Crippen molar-refractivity contribution in [1.29, 1.82) is 0 Å². The van der Waals surface area contributed by atoms with Gasteiger partial charge in [0, 0.05) is 29.4 Å². The Kier molecular flexibility index (Phi) is 13.3. The van der Waals surface area contributed by atoms with Crippen LogP contribution in [-0.4, -0.2) is 45.6 Å². The maximum atomic E-state index is 14.2. The molecule has 6 rings (SSSR count). The molecule has 1 aliphatic heterocycles. The van der Waals surface area contributed by atoms with E-state index in [0.29, 0.717) is 17.8 Å². The van der Waals surface area contributed by atoms with Crippen LogP contribution in [0.2, 0.25) is 0 Å². The van der Waals surface area contributed by atoms with Crippen molar-refractivity contribution < 1.29 is 14.3 Å². The summed E-state index contributed by atoms with van der Waals surface area (Å²) in [4.78, 5) is 25.6. The topological polar surface area (TPSA) is 66.3 Å². The van der Waals surface area contributed by atoms with Crippen molar-refractivity contribution in [3.8, 4) is 10.6 Å². The first-order chi connectivity index (χ1) is 19.5. The summed E-state index contributed by atoms with van der Waals surface area (Å²) < 4.78 is 14.2. The second-order valence-electron chi connectivity index (χ2n) is 12.3. The Bertz CT molecular complexity index is 1320. The Balaban J connectivity index is 0.00000169. The van der Waals surface area contributed by atoms with E-state index in [1.807, 2.05) is 29.7 Å². The zero-order valence-electron chi connectivity index (χ0n) is 24.6. The van der Waals surface area contributed by atoms with Crippen LogP contribution in [0.4, 0.5) is 4.39 Å². The van der Waals surface area contributed by atoms with Crippen LogP contribution in [0.1, 0.15) is 79.8 Å². The number of aryl methyl sites for hydroxylation is 1. The minimum atomic E-state index is -0.640. The summed E-state index contributed by atoms with van der Waals surface area (Å²) in [6.07, 6.45) is 11.8. The fourth-order valence-corrected chi connectivity index (χ4v) is 8.62. The van der Waals surface area contributed by atoms with Crippen LogP contribution in [0.15, 0.2) is 48.8 Å². The highest BCUT2D eigenvalue weighted by molar-refractivity contribution is 7.15. The van der Waals surface area contributed by atoms with Gasteiger partial charge >= 0.3 is 5.97 Å². The van der Waals surface area contributed by atoms with E-state index in [4.69, 9.17) is 4.98 Å². The van der Waals surface area contributed by atoms with Gasteiger partial charge in [-0.05, 0) is 111 Å². The standard InChI is InChI=1S/C33H40FN3O2S.3ClH/c1-2-30-31(40-32(36-30)24-6-4-12-35-19-24)22-10-13-37(14-11-22)20-26-16-25(29(33(38)39)15-21-8-9-21)18-28(26)23-5-3-7-27(34)17-23;;;/h3-7,12,17,19,21-22,25-26,28-29H,2,8-11,13-16,18,20H2,1H3,(H,38,39);3*1H/t25?,26?,28?,29-;;;/m0.../s1. The number of rotatable bonds is 10. The first-order valence-electron chi connectivity index (χ1n) is 15.1. The van der Waals surface area contributed by atoms with Crippen LogP contribution >= 0.6 is 48.6 Å². The lowest BCUT2D eigenvalue weighted by Gasteiger charge is -2.35. The highest BCUT2D eigenvalue weighted by Gasteiger charge is 2.43. The van der Waals surface area contributed by atoms with Crippen molar-refractivity contribution in [2.45, 2.75) is 70.1 Å². The molecule has 0 spiro atoms. The number of nitrogens with zero attached hydrogens (tertiary/aromatic N) is 3. The summed E-state index contributed by atoms with van der Waals surface area (Å²) in [6.45, 7) is 5.23. The number of aromatic nitrogens is 2. The molecule has 2 saturated carbocycles. The fourth-order valence-electron chi connectivity index (χ4n) is 7.31. The molecule has 3 unspecified atom stereocenters. The summed E-state index contributed by atoms with van der Waals surface area (Å²) in [6, 6.07) is 11.1. The second kappa shape index (κ2) is 16.0. The number of pyridine rings is 1. The molecule has 0 radical (unpaired) electrons. The smallest absolute Gasteiger partial charge is 0.306 e. The third kappa shape index (κ3) is 8.49. The molecule has 3 heterocycles. The van der Waals surface area contributed by atoms with Crippen molar-refractivity contribution in [3.63, 3.8) is 0 Å². The molecule has 2 aliphatic carbocycles. The number of benzene rings is 1. The Morgan fingerprint density at radius 1 is 1.09 bits per heavy atom. The van der Waals surface area contributed by atoms with Crippen molar-refractivity contribution in [1.82, 2.24) is 14.9 Å².